The van der Waals surface area contributed by atoms with Crippen LogP contribution >= 0.6 is 11.3 Å². The minimum absolute atomic E-state index is 0.136. The van der Waals surface area contributed by atoms with Gasteiger partial charge in [0.15, 0.2) is 11.9 Å². The zero-order valence-corrected chi connectivity index (χ0v) is 24.6. The molecule has 41 heavy (non-hydrogen) atoms. The number of rotatable bonds is 5. The first kappa shape index (κ1) is 30.3. The molecule has 5 rings (SSSR count). The van der Waals surface area contributed by atoms with Crippen LogP contribution in [0.5, 0.6) is 0 Å². The molecule has 2 radical (unpaired) electrons. The number of Topliss-reactive ketones (excluding diaryl/α,β-unsaturated/α-hetero) is 1. The van der Waals surface area contributed by atoms with Crippen LogP contribution in [-0.2, 0) is 28.6 Å². The van der Waals surface area contributed by atoms with Crippen LogP contribution in [0.1, 0.15) is 64.7 Å². The first-order valence-corrected chi connectivity index (χ1v) is 14.7. The van der Waals surface area contributed by atoms with Gasteiger partial charge in [-0.25, -0.2) is 4.79 Å². The summed E-state index contributed by atoms with van der Waals surface area (Å²) in [4.78, 5) is 40.4. The number of carbonyl (C=O) groups excluding carboxylic acids is 3. The lowest BCUT2D eigenvalue weighted by Gasteiger charge is -2.66. The van der Waals surface area contributed by atoms with Crippen LogP contribution in [0.4, 0.5) is 0 Å². The van der Waals surface area contributed by atoms with Crippen LogP contribution in [0.25, 0.3) is 0 Å². The molecule has 2 bridgehead atoms. The number of hydrogen-bond acceptors (Lipinski definition) is 11. The molecule has 11 heteroatoms. The second-order valence-corrected chi connectivity index (χ2v) is 13.8. The lowest BCUT2D eigenvalue weighted by atomic mass is 9.45. The van der Waals surface area contributed by atoms with Crippen molar-refractivity contribution in [1.82, 2.24) is 0 Å². The summed E-state index contributed by atoms with van der Waals surface area (Å²) >= 11 is 1.27. The van der Waals surface area contributed by atoms with Crippen molar-refractivity contribution < 1.29 is 49.0 Å². The number of ketones is 1. The van der Waals surface area contributed by atoms with E-state index in [1.807, 2.05) is 0 Å². The van der Waals surface area contributed by atoms with Gasteiger partial charge in [-0.15, -0.1) is 11.3 Å². The molecule has 0 amide bonds. The largest absolute Gasteiger partial charge is 0.459 e. The van der Waals surface area contributed by atoms with Gasteiger partial charge in [0.2, 0.25) is 0 Å². The molecule has 10 atom stereocenters. The molecule has 1 aromatic rings. The topological polar surface area (TPSA) is 160 Å². The average molecular weight is 591 g/mol. The number of aliphatic hydroxyl groups excluding tert-OH is 2. The maximum absolute atomic E-state index is 14.2. The van der Waals surface area contributed by atoms with Crippen molar-refractivity contribution in [3.8, 4) is 0 Å². The van der Waals surface area contributed by atoms with Crippen molar-refractivity contribution in [1.29, 1.82) is 0 Å². The van der Waals surface area contributed by atoms with Crippen LogP contribution in [0, 0.1) is 23.7 Å². The van der Waals surface area contributed by atoms with Crippen LogP contribution in [0.3, 0.4) is 0 Å². The summed E-state index contributed by atoms with van der Waals surface area (Å²) in [5.41, 5.74) is -5.91. The quantitative estimate of drug-likeness (QED) is 0.294. The molecule has 1 saturated heterocycles. The van der Waals surface area contributed by atoms with E-state index in [0.29, 0.717) is 16.9 Å². The fourth-order valence-electron chi connectivity index (χ4n) is 7.81. The summed E-state index contributed by atoms with van der Waals surface area (Å²) in [6.07, 6.45) is -6.45. The number of hydrogen-bond donors (Lipinski definition) is 4. The maximum atomic E-state index is 14.2. The maximum Gasteiger partial charge on any atom is 0.336 e. The highest BCUT2D eigenvalue weighted by atomic mass is 32.1. The first-order chi connectivity index (χ1) is 19.0. The standard InChI is InChI=1S/C30H38O10S/c1-14-17(40-26(35)21(32)15(2)18-8-7-11-41-18)12-30(37)25(39-16(3)31)23-28(6,10-9-19-29(23,36)13-38-19)24(34)22(33)20(14)27(30,4)5/h2,7-8,11,15,17,19,21-23,25,32-33,36-37H,9-10,12-13H2,1,3-6H3/t15-,17-,19+,21+,22+,23-,25-,28+,29-,30+/m0/s1. The Morgan fingerprint density at radius 1 is 1.22 bits per heavy atom. The Balaban J connectivity index is 1.63. The highest BCUT2D eigenvalue weighted by Gasteiger charge is 2.74. The Kier molecular flexibility index (Phi) is 7.36. The van der Waals surface area contributed by atoms with Crippen LogP contribution in [0.2, 0.25) is 0 Å². The van der Waals surface area contributed by atoms with Gasteiger partial charge in [0.1, 0.15) is 29.5 Å². The number of thiophene rings is 1. The van der Waals surface area contributed by atoms with Gasteiger partial charge in [-0.1, -0.05) is 26.8 Å². The van der Waals surface area contributed by atoms with Crippen molar-refractivity contribution in [3.05, 3.63) is 40.5 Å². The van der Waals surface area contributed by atoms with E-state index in [1.54, 1.807) is 45.2 Å². The third-order valence-corrected chi connectivity index (χ3v) is 11.2. The molecule has 1 aliphatic heterocycles. The van der Waals surface area contributed by atoms with E-state index in [2.05, 4.69) is 0 Å². The van der Waals surface area contributed by atoms with Crippen molar-refractivity contribution in [2.24, 2.45) is 16.7 Å². The molecule has 10 nitrogen and oxygen atoms in total. The molecule has 4 N–H and O–H groups in total. The Labute approximate surface area is 243 Å². The molecule has 2 heterocycles. The van der Waals surface area contributed by atoms with E-state index < -0.39 is 82.1 Å². The Morgan fingerprint density at radius 3 is 2.46 bits per heavy atom. The molecular weight excluding hydrogens is 552 g/mol. The second kappa shape index (κ2) is 9.96. The van der Waals surface area contributed by atoms with E-state index in [1.165, 1.54) is 18.3 Å². The Morgan fingerprint density at radius 2 is 1.90 bits per heavy atom. The zero-order valence-electron chi connectivity index (χ0n) is 23.8. The second-order valence-electron chi connectivity index (χ2n) is 12.8. The van der Waals surface area contributed by atoms with Crippen LogP contribution in [-0.4, -0.2) is 86.5 Å². The molecule has 224 valence electrons. The van der Waals surface area contributed by atoms with E-state index in [9.17, 15) is 34.8 Å². The summed E-state index contributed by atoms with van der Waals surface area (Å²) in [6, 6.07) is 3.41. The predicted octanol–water partition coefficient (Wildman–Crippen LogP) is 1.71. The van der Waals surface area contributed by atoms with E-state index >= 15 is 0 Å². The first-order valence-electron chi connectivity index (χ1n) is 13.9. The molecule has 4 aliphatic rings. The average Bonchev–Trinajstić information content (AvgIpc) is 3.43. The minimum Gasteiger partial charge on any atom is -0.459 e. The van der Waals surface area contributed by atoms with Gasteiger partial charge in [-0.3, -0.25) is 9.59 Å². The third kappa shape index (κ3) is 4.26. The van der Waals surface area contributed by atoms with Gasteiger partial charge in [-0.2, -0.15) is 0 Å². The number of aliphatic hydroxyl groups is 4. The number of fused-ring (bicyclic) bond motifs is 5. The Hall–Kier alpha value is -2.15. The highest BCUT2D eigenvalue weighted by Crippen LogP contribution is 2.63. The van der Waals surface area contributed by atoms with Crippen molar-refractivity contribution >= 4 is 29.1 Å². The van der Waals surface area contributed by atoms with Gasteiger partial charge < -0.3 is 34.6 Å². The predicted molar refractivity (Wildman–Crippen MR) is 145 cm³/mol. The molecular formula is C30H38O10S. The fraction of sp³-hybridized carbons (Fsp3) is 0.667. The van der Waals surface area contributed by atoms with E-state index in [4.69, 9.17) is 21.1 Å². The molecule has 1 aromatic heterocycles. The van der Waals surface area contributed by atoms with Gasteiger partial charge in [0.05, 0.1) is 12.7 Å². The molecule has 3 aliphatic carbocycles. The molecule has 3 fully saturated rings. The molecule has 0 spiro atoms. The van der Waals surface area contributed by atoms with Crippen LogP contribution < -0.4 is 0 Å². The number of carbonyl (C=O) groups is 3. The number of esters is 2. The summed E-state index contributed by atoms with van der Waals surface area (Å²) in [6.45, 7) is 13.6. The van der Waals surface area contributed by atoms with E-state index in [0.717, 1.165) is 0 Å². The van der Waals surface area contributed by atoms with Gasteiger partial charge in [-0.05, 0) is 49.3 Å². The van der Waals surface area contributed by atoms with Gasteiger partial charge in [0, 0.05) is 40.9 Å². The van der Waals surface area contributed by atoms with Crippen molar-refractivity contribution in [2.75, 3.05) is 6.61 Å². The molecule has 2 saturated carbocycles. The Bertz CT molecular complexity index is 1270. The SMILES string of the molecule is [CH][C@@H](c1cccs1)[C@@H](O)C(=O)O[C@H]1C[C@@]2(O)[C@@H](OC(C)=O)[C@@H]3[C@]4(O)CO[C@@H]4CC[C@@]3(C)C(=O)[C@H](O)C(=C1C)C2(C)C. The smallest absolute Gasteiger partial charge is 0.336 e. The normalized spacial score (nSPS) is 41.1. The highest BCUT2D eigenvalue weighted by molar-refractivity contribution is 7.10. The molecule has 0 aromatic carbocycles. The summed E-state index contributed by atoms with van der Waals surface area (Å²) < 4.78 is 17.2. The monoisotopic (exact) mass is 590 g/mol. The van der Waals surface area contributed by atoms with Crippen molar-refractivity contribution in [3.63, 3.8) is 0 Å². The fourth-order valence-corrected chi connectivity index (χ4v) is 8.57. The van der Waals surface area contributed by atoms with Crippen molar-refractivity contribution in [2.45, 2.75) is 102 Å². The number of ether oxygens (including phenoxy) is 3. The zero-order chi connectivity index (χ0) is 30.3. The third-order valence-electron chi connectivity index (χ3n) is 10.2. The lowest BCUT2D eigenvalue weighted by Crippen LogP contribution is -2.78. The summed E-state index contributed by atoms with van der Waals surface area (Å²) in [7, 11) is 0. The molecule has 0 unspecified atom stereocenters. The minimum atomic E-state index is -2.03. The van der Waals surface area contributed by atoms with E-state index in [-0.39, 0.29) is 25.0 Å². The van der Waals surface area contributed by atoms with Crippen LogP contribution in [0.15, 0.2) is 28.7 Å². The van der Waals surface area contributed by atoms with Gasteiger partial charge in [0.25, 0.3) is 0 Å². The summed E-state index contributed by atoms with van der Waals surface area (Å²) in [5, 5.41) is 48.7. The summed E-state index contributed by atoms with van der Waals surface area (Å²) in [5.74, 6) is -4.56. The van der Waals surface area contributed by atoms with Gasteiger partial charge >= 0.3 is 11.9 Å². The lowest BCUT2D eigenvalue weighted by molar-refractivity contribution is -0.331.